The zero-order valence-corrected chi connectivity index (χ0v) is 17.1. The Morgan fingerprint density at radius 1 is 1.25 bits per heavy atom. The molecule has 1 N–H and O–H groups in total. The van der Waals surface area contributed by atoms with E-state index in [9.17, 15) is 9.90 Å². The van der Waals surface area contributed by atoms with Crippen LogP contribution in [-0.2, 0) is 5.60 Å². The molecule has 1 amide bonds. The number of oxazole rings is 1. The monoisotopic (exact) mass is 387 g/mol. The van der Waals surface area contributed by atoms with Crippen molar-refractivity contribution < 1.29 is 19.1 Å². The van der Waals surface area contributed by atoms with Crippen molar-refractivity contribution >= 4 is 11.9 Å². The molecule has 0 saturated carbocycles. The van der Waals surface area contributed by atoms with Crippen LogP contribution in [-0.4, -0.2) is 53.7 Å². The molecule has 3 rings (SSSR count). The summed E-state index contributed by atoms with van der Waals surface area (Å²) in [6, 6.07) is 7.86. The van der Waals surface area contributed by atoms with Crippen LogP contribution in [0.25, 0.3) is 0 Å². The topological polar surface area (TPSA) is 79.0 Å². The highest BCUT2D eigenvalue weighted by Crippen LogP contribution is 2.28. The molecule has 152 valence electrons. The SMILES string of the molecule is CCOc1ccccc1C(=O)N1CCCN(c2nc(C(C)(C)O)c(C)o2)CC1. The molecule has 2 aromatic rings. The number of benzene rings is 1. The second-order valence-electron chi connectivity index (χ2n) is 7.52. The summed E-state index contributed by atoms with van der Waals surface area (Å²) in [6.07, 6.45) is 0.807. The first kappa shape index (κ1) is 20.2. The number of para-hydroxylation sites is 1. The number of carbonyl (C=O) groups excluding carboxylic acids is 1. The van der Waals surface area contributed by atoms with E-state index in [0.29, 0.717) is 55.0 Å². The van der Waals surface area contributed by atoms with Gasteiger partial charge in [0.05, 0.1) is 12.2 Å². The van der Waals surface area contributed by atoms with Gasteiger partial charge in [0.15, 0.2) is 0 Å². The zero-order valence-electron chi connectivity index (χ0n) is 17.1. The Labute approximate surface area is 165 Å². The molecule has 0 aliphatic carbocycles. The Morgan fingerprint density at radius 2 is 2.00 bits per heavy atom. The highest BCUT2D eigenvalue weighted by Gasteiger charge is 2.28. The molecule has 0 bridgehead atoms. The standard InChI is InChI=1S/C21H29N3O4/c1-5-27-17-10-7-6-9-16(17)19(25)23-11-8-12-24(14-13-23)20-22-18(15(2)28-20)21(3,4)26/h6-7,9-10,26H,5,8,11-14H2,1-4H3. The molecule has 0 radical (unpaired) electrons. The molecule has 2 heterocycles. The van der Waals surface area contributed by atoms with Crippen LogP contribution in [0.2, 0.25) is 0 Å². The predicted molar refractivity (Wildman–Crippen MR) is 107 cm³/mol. The van der Waals surface area contributed by atoms with E-state index in [4.69, 9.17) is 9.15 Å². The fraction of sp³-hybridized carbons (Fsp3) is 0.524. The minimum absolute atomic E-state index is 0.0216. The Bertz CT molecular complexity index is 825. The normalized spacial score (nSPS) is 15.5. The van der Waals surface area contributed by atoms with Gasteiger partial charge in [0.2, 0.25) is 0 Å². The largest absolute Gasteiger partial charge is 0.493 e. The molecule has 0 spiro atoms. The fourth-order valence-corrected chi connectivity index (χ4v) is 3.49. The van der Waals surface area contributed by atoms with Gasteiger partial charge in [0.1, 0.15) is 22.8 Å². The van der Waals surface area contributed by atoms with Crippen LogP contribution < -0.4 is 9.64 Å². The number of hydrogen-bond donors (Lipinski definition) is 1. The maximum Gasteiger partial charge on any atom is 0.297 e. The second-order valence-corrected chi connectivity index (χ2v) is 7.52. The molecule has 1 fully saturated rings. The lowest BCUT2D eigenvalue weighted by Gasteiger charge is -2.22. The summed E-state index contributed by atoms with van der Waals surface area (Å²) in [4.78, 5) is 21.4. The number of hydrogen-bond acceptors (Lipinski definition) is 6. The highest BCUT2D eigenvalue weighted by atomic mass is 16.5. The van der Waals surface area contributed by atoms with Crippen LogP contribution in [0.4, 0.5) is 6.01 Å². The van der Waals surface area contributed by atoms with E-state index in [1.807, 2.05) is 47.9 Å². The van der Waals surface area contributed by atoms with Crippen LogP contribution in [0.3, 0.4) is 0 Å². The third-order valence-electron chi connectivity index (χ3n) is 4.84. The summed E-state index contributed by atoms with van der Waals surface area (Å²) >= 11 is 0. The fourth-order valence-electron chi connectivity index (χ4n) is 3.49. The quantitative estimate of drug-likeness (QED) is 0.850. The van der Waals surface area contributed by atoms with Gasteiger partial charge in [-0.2, -0.15) is 4.98 Å². The number of aromatic nitrogens is 1. The average Bonchev–Trinajstić information content (AvgIpc) is 2.89. The van der Waals surface area contributed by atoms with Gasteiger partial charge in [-0.15, -0.1) is 0 Å². The van der Waals surface area contributed by atoms with Crippen LogP contribution in [0, 0.1) is 6.92 Å². The Hall–Kier alpha value is -2.54. The molecular weight excluding hydrogens is 358 g/mol. The van der Waals surface area contributed by atoms with Crippen molar-refractivity contribution in [1.82, 2.24) is 9.88 Å². The first-order valence-corrected chi connectivity index (χ1v) is 9.77. The minimum Gasteiger partial charge on any atom is -0.493 e. The maximum atomic E-state index is 13.0. The summed E-state index contributed by atoms with van der Waals surface area (Å²) in [5.41, 5.74) is 0.0854. The second kappa shape index (κ2) is 8.22. The molecule has 7 heteroatoms. The number of anilines is 1. The average molecular weight is 387 g/mol. The Kier molecular flexibility index (Phi) is 5.93. The van der Waals surface area contributed by atoms with Crippen molar-refractivity contribution in [3.8, 4) is 5.75 Å². The van der Waals surface area contributed by atoms with Crippen molar-refractivity contribution in [1.29, 1.82) is 0 Å². The van der Waals surface area contributed by atoms with E-state index in [1.54, 1.807) is 13.8 Å². The van der Waals surface area contributed by atoms with Crippen LogP contribution in [0.5, 0.6) is 5.75 Å². The van der Waals surface area contributed by atoms with E-state index >= 15 is 0 Å². The van der Waals surface area contributed by atoms with E-state index in [2.05, 4.69) is 4.98 Å². The Balaban J connectivity index is 1.73. The number of aryl methyl sites for hydroxylation is 1. The first-order chi connectivity index (χ1) is 13.3. The van der Waals surface area contributed by atoms with Crippen LogP contribution >= 0.6 is 0 Å². The summed E-state index contributed by atoms with van der Waals surface area (Å²) in [6.45, 7) is 10.2. The molecule has 7 nitrogen and oxygen atoms in total. The van der Waals surface area contributed by atoms with Gasteiger partial charge in [0.25, 0.3) is 11.9 Å². The summed E-state index contributed by atoms with van der Waals surface area (Å²) in [5, 5.41) is 10.2. The molecule has 1 saturated heterocycles. The minimum atomic E-state index is -1.05. The van der Waals surface area contributed by atoms with Crippen molar-refractivity contribution in [2.75, 3.05) is 37.7 Å². The summed E-state index contributed by atoms with van der Waals surface area (Å²) in [7, 11) is 0. The molecule has 1 aliphatic rings. The molecule has 0 unspecified atom stereocenters. The molecule has 1 aromatic heterocycles. The Morgan fingerprint density at radius 3 is 2.68 bits per heavy atom. The lowest BCUT2D eigenvalue weighted by molar-refractivity contribution is 0.0727. The van der Waals surface area contributed by atoms with Gasteiger partial charge in [-0.1, -0.05) is 12.1 Å². The predicted octanol–water partition coefficient (Wildman–Crippen LogP) is 2.96. The smallest absolute Gasteiger partial charge is 0.297 e. The summed E-state index contributed by atoms with van der Waals surface area (Å²) in [5.74, 6) is 1.21. The first-order valence-electron chi connectivity index (χ1n) is 9.77. The van der Waals surface area contributed by atoms with Crippen LogP contribution in [0.15, 0.2) is 28.7 Å². The molecule has 28 heavy (non-hydrogen) atoms. The number of nitrogens with zero attached hydrogens (tertiary/aromatic N) is 3. The van der Waals surface area contributed by atoms with Gasteiger partial charge in [-0.05, 0) is 46.2 Å². The van der Waals surface area contributed by atoms with Gasteiger partial charge >= 0.3 is 0 Å². The van der Waals surface area contributed by atoms with E-state index in [1.165, 1.54) is 0 Å². The highest BCUT2D eigenvalue weighted by molar-refractivity contribution is 5.97. The van der Waals surface area contributed by atoms with Crippen molar-refractivity contribution in [2.45, 2.75) is 39.7 Å². The molecular formula is C21H29N3O4. The van der Waals surface area contributed by atoms with Gasteiger partial charge in [0, 0.05) is 26.2 Å². The number of carbonyl (C=O) groups is 1. The van der Waals surface area contributed by atoms with Crippen molar-refractivity contribution in [2.24, 2.45) is 0 Å². The van der Waals surface area contributed by atoms with E-state index in [-0.39, 0.29) is 5.91 Å². The molecule has 0 atom stereocenters. The van der Waals surface area contributed by atoms with E-state index in [0.717, 1.165) is 13.0 Å². The molecule has 1 aromatic carbocycles. The lowest BCUT2D eigenvalue weighted by Crippen LogP contribution is -2.35. The van der Waals surface area contributed by atoms with Crippen molar-refractivity contribution in [3.63, 3.8) is 0 Å². The number of ether oxygens (including phenoxy) is 1. The zero-order chi connectivity index (χ0) is 20.3. The lowest BCUT2D eigenvalue weighted by atomic mass is 10.0. The number of rotatable bonds is 5. The number of amides is 1. The number of aliphatic hydroxyl groups is 1. The van der Waals surface area contributed by atoms with Gasteiger partial charge in [-0.3, -0.25) is 4.79 Å². The third kappa shape index (κ3) is 4.30. The van der Waals surface area contributed by atoms with Gasteiger partial charge in [-0.25, -0.2) is 0 Å². The van der Waals surface area contributed by atoms with Crippen LogP contribution in [0.1, 0.15) is 49.0 Å². The maximum absolute atomic E-state index is 13.0. The third-order valence-corrected chi connectivity index (χ3v) is 4.84. The molecule has 1 aliphatic heterocycles. The van der Waals surface area contributed by atoms with Gasteiger partial charge < -0.3 is 24.1 Å². The van der Waals surface area contributed by atoms with Crippen molar-refractivity contribution in [3.05, 3.63) is 41.3 Å². The van der Waals surface area contributed by atoms with E-state index < -0.39 is 5.60 Å². The summed E-state index contributed by atoms with van der Waals surface area (Å²) < 4.78 is 11.4.